The molecule has 0 radical (unpaired) electrons. The van der Waals surface area contributed by atoms with Crippen LogP contribution in [-0.2, 0) is 13.6 Å². The van der Waals surface area contributed by atoms with Crippen molar-refractivity contribution in [2.75, 3.05) is 6.61 Å². The molecule has 0 aliphatic rings. The Balaban J connectivity index is 2.39. The van der Waals surface area contributed by atoms with Crippen molar-refractivity contribution in [3.8, 4) is 0 Å². The summed E-state index contributed by atoms with van der Waals surface area (Å²) in [5, 5.41) is 16.6. The molecule has 1 unspecified atom stereocenters. The van der Waals surface area contributed by atoms with Crippen LogP contribution in [-0.4, -0.2) is 27.5 Å². The molecule has 4 nitrogen and oxygen atoms in total. The Kier molecular flexibility index (Phi) is 4.10. The van der Waals surface area contributed by atoms with Gasteiger partial charge in [-0.25, -0.2) is 0 Å². The molecule has 0 bridgehead atoms. The first-order valence-corrected chi connectivity index (χ1v) is 4.96. The van der Waals surface area contributed by atoms with E-state index in [1.54, 1.807) is 4.68 Å². The number of nitrogens with zero attached hydrogens (tertiary/aromatic N) is 2. The fraction of sp³-hybridized carbons (Fsp3) is 0.700. The number of aryl methyl sites for hydroxylation is 1. The zero-order valence-electron chi connectivity index (χ0n) is 9.07. The van der Waals surface area contributed by atoms with Crippen molar-refractivity contribution in [3.05, 3.63) is 18.0 Å². The summed E-state index contributed by atoms with van der Waals surface area (Å²) in [7, 11) is 1.90. The first kappa shape index (κ1) is 11.2. The topological polar surface area (TPSA) is 50.1 Å². The van der Waals surface area contributed by atoms with Crippen LogP contribution in [0.15, 0.2) is 12.3 Å². The minimum atomic E-state index is 0.150. The highest BCUT2D eigenvalue weighted by atomic mass is 16.3. The lowest BCUT2D eigenvalue weighted by Gasteiger charge is -2.19. The molecule has 2 N–H and O–H groups in total. The molecule has 14 heavy (non-hydrogen) atoms. The summed E-state index contributed by atoms with van der Waals surface area (Å²) >= 11 is 0. The van der Waals surface area contributed by atoms with Gasteiger partial charge >= 0.3 is 0 Å². The van der Waals surface area contributed by atoms with Crippen LogP contribution < -0.4 is 5.32 Å². The summed E-state index contributed by atoms with van der Waals surface area (Å²) in [6.45, 7) is 5.06. The molecule has 1 atom stereocenters. The molecule has 1 heterocycles. The molecular formula is C10H19N3O. The van der Waals surface area contributed by atoms with Gasteiger partial charge < -0.3 is 10.4 Å². The number of rotatable bonds is 5. The molecule has 1 rings (SSSR count). The maximum Gasteiger partial charge on any atom is 0.0762 e. The van der Waals surface area contributed by atoms with E-state index in [-0.39, 0.29) is 12.6 Å². The Labute approximate surface area is 84.9 Å². The van der Waals surface area contributed by atoms with Gasteiger partial charge in [-0.2, -0.15) is 5.10 Å². The van der Waals surface area contributed by atoms with Crippen LogP contribution in [0.5, 0.6) is 0 Å². The Morgan fingerprint density at radius 1 is 1.57 bits per heavy atom. The number of nitrogens with one attached hydrogen (secondary N) is 1. The molecule has 0 fully saturated rings. The highest BCUT2D eigenvalue weighted by molar-refractivity contribution is 4.98. The number of aliphatic hydroxyl groups is 1. The fourth-order valence-electron chi connectivity index (χ4n) is 1.30. The van der Waals surface area contributed by atoms with Crippen LogP contribution in [0.1, 0.15) is 19.5 Å². The third kappa shape index (κ3) is 3.12. The van der Waals surface area contributed by atoms with E-state index in [2.05, 4.69) is 24.3 Å². The van der Waals surface area contributed by atoms with Crippen LogP contribution in [0, 0.1) is 5.92 Å². The van der Waals surface area contributed by atoms with Gasteiger partial charge in [0.1, 0.15) is 0 Å². The second-order valence-electron chi connectivity index (χ2n) is 3.89. The van der Waals surface area contributed by atoms with Crippen molar-refractivity contribution in [1.29, 1.82) is 0 Å². The van der Waals surface area contributed by atoms with Gasteiger partial charge in [0.2, 0.25) is 0 Å². The molecule has 1 aromatic rings. The van der Waals surface area contributed by atoms with Crippen LogP contribution in [0.2, 0.25) is 0 Å². The molecule has 1 aromatic heterocycles. The van der Waals surface area contributed by atoms with E-state index in [9.17, 15) is 0 Å². The Bertz CT molecular complexity index is 270. The molecule has 80 valence electrons. The summed E-state index contributed by atoms with van der Waals surface area (Å²) < 4.78 is 1.78. The predicted molar refractivity (Wildman–Crippen MR) is 55.8 cm³/mol. The summed E-state index contributed by atoms with van der Waals surface area (Å²) in [6.07, 6.45) is 1.92. The zero-order chi connectivity index (χ0) is 10.6. The van der Waals surface area contributed by atoms with E-state index < -0.39 is 0 Å². The minimum absolute atomic E-state index is 0.150. The van der Waals surface area contributed by atoms with Crippen molar-refractivity contribution in [2.45, 2.75) is 26.4 Å². The van der Waals surface area contributed by atoms with Gasteiger partial charge in [0.05, 0.1) is 12.3 Å². The van der Waals surface area contributed by atoms with Crippen molar-refractivity contribution >= 4 is 0 Å². The summed E-state index contributed by atoms with van der Waals surface area (Å²) in [4.78, 5) is 0. The third-order valence-corrected chi connectivity index (χ3v) is 2.32. The average Bonchev–Trinajstić information content (AvgIpc) is 2.52. The van der Waals surface area contributed by atoms with Crippen LogP contribution >= 0.6 is 0 Å². The monoisotopic (exact) mass is 197 g/mol. The van der Waals surface area contributed by atoms with Gasteiger partial charge in [-0.15, -0.1) is 0 Å². The molecular weight excluding hydrogens is 178 g/mol. The van der Waals surface area contributed by atoms with E-state index in [0.29, 0.717) is 12.5 Å². The van der Waals surface area contributed by atoms with Crippen molar-refractivity contribution in [1.82, 2.24) is 15.1 Å². The SMILES string of the molecule is CC(C)C(CO)NCc1ccn(C)n1. The van der Waals surface area contributed by atoms with Gasteiger partial charge in [-0.1, -0.05) is 13.8 Å². The lowest BCUT2D eigenvalue weighted by atomic mass is 10.1. The molecule has 0 aromatic carbocycles. The van der Waals surface area contributed by atoms with E-state index >= 15 is 0 Å². The van der Waals surface area contributed by atoms with Gasteiger partial charge in [0, 0.05) is 25.8 Å². The van der Waals surface area contributed by atoms with E-state index in [4.69, 9.17) is 5.11 Å². The molecule has 0 aliphatic carbocycles. The standard InChI is InChI=1S/C10H19N3O/c1-8(2)10(7-14)11-6-9-4-5-13(3)12-9/h4-5,8,10-11,14H,6-7H2,1-3H3. The summed E-state index contributed by atoms with van der Waals surface area (Å²) in [6, 6.07) is 2.12. The normalized spacial score (nSPS) is 13.5. The second kappa shape index (κ2) is 5.12. The zero-order valence-corrected chi connectivity index (χ0v) is 9.07. The van der Waals surface area contributed by atoms with E-state index in [1.807, 2.05) is 19.3 Å². The maximum atomic E-state index is 9.09. The average molecular weight is 197 g/mol. The van der Waals surface area contributed by atoms with Crippen LogP contribution in [0.4, 0.5) is 0 Å². The van der Waals surface area contributed by atoms with Crippen LogP contribution in [0.25, 0.3) is 0 Å². The van der Waals surface area contributed by atoms with Crippen molar-refractivity contribution < 1.29 is 5.11 Å². The number of aromatic nitrogens is 2. The Morgan fingerprint density at radius 3 is 2.71 bits per heavy atom. The first-order chi connectivity index (χ1) is 6.63. The van der Waals surface area contributed by atoms with E-state index in [0.717, 1.165) is 5.69 Å². The highest BCUT2D eigenvalue weighted by Crippen LogP contribution is 2.02. The lowest BCUT2D eigenvalue weighted by molar-refractivity contribution is 0.209. The smallest absolute Gasteiger partial charge is 0.0762 e. The second-order valence-corrected chi connectivity index (χ2v) is 3.89. The largest absolute Gasteiger partial charge is 0.395 e. The molecule has 0 aliphatic heterocycles. The van der Waals surface area contributed by atoms with Gasteiger partial charge in [0.25, 0.3) is 0 Å². The molecule has 4 heteroatoms. The first-order valence-electron chi connectivity index (χ1n) is 4.96. The van der Waals surface area contributed by atoms with Gasteiger partial charge in [0.15, 0.2) is 0 Å². The van der Waals surface area contributed by atoms with Crippen molar-refractivity contribution in [2.24, 2.45) is 13.0 Å². The Hall–Kier alpha value is -0.870. The van der Waals surface area contributed by atoms with Crippen molar-refractivity contribution in [3.63, 3.8) is 0 Å². The minimum Gasteiger partial charge on any atom is -0.395 e. The number of hydrogen-bond donors (Lipinski definition) is 2. The summed E-state index contributed by atoms with van der Waals surface area (Å²) in [5.41, 5.74) is 1.01. The van der Waals surface area contributed by atoms with E-state index in [1.165, 1.54) is 0 Å². The fourth-order valence-corrected chi connectivity index (χ4v) is 1.30. The highest BCUT2D eigenvalue weighted by Gasteiger charge is 2.11. The van der Waals surface area contributed by atoms with Crippen LogP contribution in [0.3, 0.4) is 0 Å². The molecule has 0 saturated carbocycles. The number of hydrogen-bond acceptors (Lipinski definition) is 3. The lowest BCUT2D eigenvalue weighted by Crippen LogP contribution is -2.36. The molecule has 0 spiro atoms. The maximum absolute atomic E-state index is 9.09. The molecule has 0 saturated heterocycles. The quantitative estimate of drug-likeness (QED) is 0.724. The summed E-state index contributed by atoms with van der Waals surface area (Å²) in [5.74, 6) is 0.434. The third-order valence-electron chi connectivity index (χ3n) is 2.32. The predicted octanol–water partition coefficient (Wildman–Crippen LogP) is 0.527. The number of aliphatic hydroxyl groups excluding tert-OH is 1. The molecule has 0 amide bonds. The Morgan fingerprint density at radius 2 is 2.29 bits per heavy atom. The van der Waals surface area contributed by atoms with Gasteiger partial charge in [-0.3, -0.25) is 4.68 Å². The van der Waals surface area contributed by atoms with Gasteiger partial charge in [-0.05, 0) is 12.0 Å².